The second-order valence-corrected chi connectivity index (χ2v) is 5.01. The van der Waals surface area contributed by atoms with Gasteiger partial charge in [-0.25, -0.2) is 0 Å². The van der Waals surface area contributed by atoms with Gasteiger partial charge in [0.25, 0.3) is 0 Å². The van der Waals surface area contributed by atoms with Crippen LogP contribution in [0.4, 0.5) is 0 Å². The number of carbonyl (C=O) groups excluding carboxylic acids is 1. The second kappa shape index (κ2) is 5.45. The Balaban J connectivity index is 1.98. The minimum atomic E-state index is 0.163. The van der Waals surface area contributed by atoms with Crippen LogP contribution in [0, 0.1) is 11.8 Å². The van der Waals surface area contributed by atoms with Crippen LogP contribution in [-0.2, 0) is 18.3 Å². The molecular weight excluding hydrogens is 214 g/mol. The number of aromatic nitrogens is 2. The monoisotopic (exact) mass is 235 g/mol. The van der Waals surface area contributed by atoms with Gasteiger partial charge in [-0.15, -0.1) is 0 Å². The first-order valence-electron chi connectivity index (χ1n) is 6.42. The predicted molar refractivity (Wildman–Crippen MR) is 66.4 cm³/mol. The molecule has 0 bridgehead atoms. The van der Waals surface area contributed by atoms with Crippen molar-refractivity contribution >= 4 is 5.78 Å². The molecule has 2 unspecified atom stereocenters. The molecule has 1 aliphatic rings. The maximum atomic E-state index is 12.2. The van der Waals surface area contributed by atoms with Gasteiger partial charge in [-0.1, -0.05) is 12.8 Å². The molecule has 1 heterocycles. The molecule has 0 aromatic carbocycles. The number of aryl methyl sites for hydroxylation is 1. The summed E-state index contributed by atoms with van der Waals surface area (Å²) in [5.74, 6) is 0.870. The van der Waals surface area contributed by atoms with Crippen molar-refractivity contribution in [2.75, 3.05) is 6.54 Å². The largest absolute Gasteiger partial charge is 0.330 e. The highest BCUT2D eigenvalue weighted by atomic mass is 16.1. The van der Waals surface area contributed by atoms with Crippen LogP contribution in [0.1, 0.15) is 31.4 Å². The summed E-state index contributed by atoms with van der Waals surface area (Å²) in [6.07, 6.45) is 6.83. The fourth-order valence-corrected chi connectivity index (χ4v) is 2.78. The van der Waals surface area contributed by atoms with E-state index in [-0.39, 0.29) is 5.92 Å². The van der Waals surface area contributed by atoms with Gasteiger partial charge in [0.15, 0.2) is 0 Å². The lowest BCUT2D eigenvalue weighted by Crippen LogP contribution is -2.33. The maximum absolute atomic E-state index is 12.2. The molecule has 1 fully saturated rings. The van der Waals surface area contributed by atoms with Gasteiger partial charge >= 0.3 is 0 Å². The van der Waals surface area contributed by atoms with Crippen molar-refractivity contribution < 1.29 is 4.79 Å². The molecule has 4 nitrogen and oxygen atoms in total. The summed E-state index contributed by atoms with van der Waals surface area (Å²) in [4.78, 5) is 12.2. The van der Waals surface area contributed by atoms with Gasteiger partial charge in [-0.3, -0.25) is 9.48 Å². The number of hydrogen-bond donors (Lipinski definition) is 1. The molecule has 2 N–H and O–H groups in total. The van der Waals surface area contributed by atoms with Gasteiger partial charge < -0.3 is 5.73 Å². The van der Waals surface area contributed by atoms with E-state index in [2.05, 4.69) is 5.10 Å². The van der Waals surface area contributed by atoms with E-state index in [0.29, 0.717) is 24.7 Å². The fourth-order valence-electron chi connectivity index (χ4n) is 2.78. The van der Waals surface area contributed by atoms with Crippen LogP contribution in [0.2, 0.25) is 0 Å². The molecule has 0 aliphatic heterocycles. The lowest BCUT2D eigenvalue weighted by Gasteiger charge is -2.29. The van der Waals surface area contributed by atoms with Crippen LogP contribution in [0.3, 0.4) is 0 Å². The predicted octanol–water partition coefficient (Wildman–Crippen LogP) is 1.30. The Hall–Kier alpha value is -1.16. The number of Topliss-reactive ketones (excluding diaryl/α,β-unsaturated/α-hetero) is 1. The number of carbonyl (C=O) groups is 1. The first kappa shape index (κ1) is 12.3. The van der Waals surface area contributed by atoms with Crippen molar-refractivity contribution in [2.45, 2.75) is 32.1 Å². The fraction of sp³-hybridized carbons (Fsp3) is 0.692. The van der Waals surface area contributed by atoms with Crippen molar-refractivity contribution in [3.63, 3.8) is 0 Å². The lowest BCUT2D eigenvalue weighted by atomic mass is 9.76. The molecule has 2 rings (SSSR count). The zero-order valence-electron chi connectivity index (χ0n) is 10.4. The average molecular weight is 235 g/mol. The zero-order valence-corrected chi connectivity index (χ0v) is 10.4. The SMILES string of the molecule is Cn1ccc(CC(=O)C2CCCCC2CN)n1. The highest BCUT2D eigenvalue weighted by Crippen LogP contribution is 2.30. The summed E-state index contributed by atoms with van der Waals surface area (Å²) >= 11 is 0. The zero-order chi connectivity index (χ0) is 12.3. The van der Waals surface area contributed by atoms with E-state index >= 15 is 0 Å². The standard InChI is InChI=1S/C13H21N3O/c1-16-7-6-11(15-16)8-13(17)12-5-3-2-4-10(12)9-14/h6-7,10,12H,2-5,8-9,14H2,1H3. The number of ketones is 1. The van der Waals surface area contributed by atoms with Crippen molar-refractivity contribution in [3.8, 4) is 0 Å². The average Bonchev–Trinajstić information content (AvgIpc) is 2.74. The quantitative estimate of drug-likeness (QED) is 0.855. The van der Waals surface area contributed by atoms with Crippen LogP contribution in [0.15, 0.2) is 12.3 Å². The number of nitrogens with two attached hydrogens (primary N) is 1. The molecule has 1 aliphatic carbocycles. The van der Waals surface area contributed by atoms with Crippen LogP contribution in [0.25, 0.3) is 0 Å². The molecule has 0 spiro atoms. The van der Waals surface area contributed by atoms with Crippen LogP contribution >= 0.6 is 0 Å². The minimum absolute atomic E-state index is 0.163. The molecule has 4 heteroatoms. The molecule has 1 aromatic rings. The normalized spacial score (nSPS) is 24.8. The number of nitrogens with zero attached hydrogens (tertiary/aromatic N) is 2. The Morgan fingerprint density at radius 2 is 2.29 bits per heavy atom. The highest BCUT2D eigenvalue weighted by molar-refractivity contribution is 5.83. The summed E-state index contributed by atoms with van der Waals surface area (Å²) < 4.78 is 1.74. The van der Waals surface area contributed by atoms with E-state index in [0.717, 1.165) is 25.0 Å². The summed E-state index contributed by atoms with van der Waals surface area (Å²) in [6.45, 7) is 0.638. The number of hydrogen-bond acceptors (Lipinski definition) is 3. The van der Waals surface area contributed by atoms with Gasteiger partial charge in [0.05, 0.1) is 12.1 Å². The molecule has 1 saturated carbocycles. The third-order valence-corrected chi connectivity index (χ3v) is 3.75. The topological polar surface area (TPSA) is 60.9 Å². The Kier molecular flexibility index (Phi) is 3.94. The molecule has 94 valence electrons. The van der Waals surface area contributed by atoms with Crippen molar-refractivity contribution in [1.29, 1.82) is 0 Å². The third kappa shape index (κ3) is 2.94. The first-order chi connectivity index (χ1) is 8.20. The summed E-state index contributed by atoms with van der Waals surface area (Å²) in [5, 5.41) is 4.26. The minimum Gasteiger partial charge on any atom is -0.330 e. The molecule has 0 radical (unpaired) electrons. The van der Waals surface area contributed by atoms with Gasteiger partial charge in [-0.05, 0) is 31.4 Å². The van der Waals surface area contributed by atoms with E-state index < -0.39 is 0 Å². The van der Waals surface area contributed by atoms with Gasteiger partial charge in [0, 0.05) is 19.2 Å². The molecule has 1 aromatic heterocycles. The van der Waals surface area contributed by atoms with E-state index in [4.69, 9.17) is 5.73 Å². The van der Waals surface area contributed by atoms with Crippen LogP contribution in [0.5, 0.6) is 0 Å². The smallest absolute Gasteiger partial charge is 0.142 e. The van der Waals surface area contributed by atoms with E-state index in [1.165, 1.54) is 6.42 Å². The van der Waals surface area contributed by atoms with E-state index in [1.807, 2.05) is 19.3 Å². The highest BCUT2D eigenvalue weighted by Gasteiger charge is 2.29. The van der Waals surface area contributed by atoms with E-state index in [9.17, 15) is 4.79 Å². The third-order valence-electron chi connectivity index (χ3n) is 3.75. The van der Waals surface area contributed by atoms with E-state index in [1.54, 1.807) is 4.68 Å². The van der Waals surface area contributed by atoms with Crippen molar-refractivity contribution in [1.82, 2.24) is 9.78 Å². The van der Waals surface area contributed by atoms with Crippen molar-refractivity contribution in [3.05, 3.63) is 18.0 Å². The Labute approximate surface area is 102 Å². The molecule has 17 heavy (non-hydrogen) atoms. The second-order valence-electron chi connectivity index (χ2n) is 5.01. The van der Waals surface area contributed by atoms with Gasteiger partial charge in [-0.2, -0.15) is 5.10 Å². The Bertz CT molecular complexity index is 386. The van der Waals surface area contributed by atoms with Crippen LogP contribution in [-0.4, -0.2) is 22.1 Å². The molecule has 0 saturated heterocycles. The number of rotatable bonds is 4. The Morgan fingerprint density at radius 1 is 1.53 bits per heavy atom. The maximum Gasteiger partial charge on any atom is 0.142 e. The van der Waals surface area contributed by atoms with Gasteiger partial charge in [0.2, 0.25) is 0 Å². The molecule has 2 atom stereocenters. The molecular formula is C13H21N3O. The summed E-state index contributed by atoms with van der Waals surface area (Å²) in [5.41, 5.74) is 6.63. The Morgan fingerprint density at radius 3 is 2.94 bits per heavy atom. The van der Waals surface area contributed by atoms with Gasteiger partial charge in [0.1, 0.15) is 5.78 Å². The summed E-state index contributed by atoms with van der Waals surface area (Å²) in [7, 11) is 1.87. The summed E-state index contributed by atoms with van der Waals surface area (Å²) in [6, 6.07) is 1.91. The van der Waals surface area contributed by atoms with Crippen molar-refractivity contribution in [2.24, 2.45) is 24.6 Å². The molecule has 0 amide bonds. The first-order valence-corrected chi connectivity index (χ1v) is 6.42. The van der Waals surface area contributed by atoms with Crippen LogP contribution < -0.4 is 5.73 Å². The lowest BCUT2D eigenvalue weighted by molar-refractivity contribution is -0.124.